The Bertz CT molecular complexity index is 611. The molecule has 1 aromatic carbocycles. The first-order valence-corrected chi connectivity index (χ1v) is 9.13. The molecule has 1 aliphatic heterocycles. The molecule has 0 spiro atoms. The van der Waals surface area contributed by atoms with Crippen LogP contribution in [0.1, 0.15) is 49.4 Å². The van der Waals surface area contributed by atoms with Crippen LogP contribution in [-0.4, -0.2) is 53.1 Å². The van der Waals surface area contributed by atoms with Crippen molar-refractivity contribution < 1.29 is 14.7 Å². The number of rotatable bonds is 4. The number of carbonyl (C=O) groups is 2. The van der Waals surface area contributed by atoms with E-state index >= 15 is 0 Å². The topological polar surface area (TPSA) is 81.7 Å². The molecule has 136 valence electrons. The Morgan fingerprint density at radius 2 is 1.76 bits per heavy atom. The van der Waals surface area contributed by atoms with Gasteiger partial charge in [0.1, 0.15) is 0 Å². The quantitative estimate of drug-likeness (QED) is 0.777. The number of nitrogens with zero attached hydrogens (tertiary/aromatic N) is 1. The van der Waals surface area contributed by atoms with Crippen molar-refractivity contribution in [1.29, 1.82) is 0 Å². The standard InChI is InChI=1S/C19H27N3O3/c1-13(23)20-15-9-7-14(8-10-15)19(25)21-17-11-22(12-18(17)24)16-5-3-2-4-6-16/h7-10,16-18,24H,2-6,11-12H2,1H3,(H,20,23)(H,21,25)/t17-,18+/m1/s1. The van der Waals surface area contributed by atoms with Crippen LogP contribution in [0, 0.1) is 0 Å². The number of anilines is 1. The lowest BCUT2D eigenvalue weighted by atomic mass is 9.94. The Hall–Kier alpha value is -1.92. The van der Waals surface area contributed by atoms with Crippen molar-refractivity contribution in [2.24, 2.45) is 0 Å². The maximum Gasteiger partial charge on any atom is 0.251 e. The summed E-state index contributed by atoms with van der Waals surface area (Å²) in [7, 11) is 0. The molecule has 1 saturated heterocycles. The average molecular weight is 345 g/mol. The molecule has 2 fully saturated rings. The van der Waals surface area contributed by atoms with E-state index in [4.69, 9.17) is 0 Å². The summed E-state index contributed by atoms with van der Waals surface area (Å²) in [5, 5.41) is 16.0. The molecule has 25 heavy (non-hydrogen) atoms. The summed E-state index contributed by atoms with van der Waals surface area (Å²) in [5.41, 5.74) is 1.19. The van der Waals surface area contributed by atoms with Crippen molar-refractivity contribution in [3.05, 3.63) is 29.8 Å². The number of aliphatic hydroxyl groups is 1. The molecule has 6 heteroatoms. The summed E-state index contributed by atoms with van der Waals surface area (Å²) < 4.78 is 0. The number of β-amino-alcohol motifs (C(OH)–C–C–N with tert-alkyl or cyclic N) is 1. The van der Waals surface area contributed by atoms with Crippen LogP contribution in [0.25, 0.3) is 0 Å². The zero-order valence-corrected chi connectivity index (χ0v) is 14.7. The van der Waals surface area contributed by atoms with Crippen molar-refractivity contribution in [3.63, 3.8) is 0 Å². The van der Waals surface area contributed by atoms with Crippen LogP contribution >= 0.6 is 0 Å². The molecular formula is C19H27N3O3. The van der Waals surface area contributed by atoms with Crippen molar-refractivity contribution in [2.45, 2.75) is 57.2 Å². The molecule has 2 aliphatic rings. The first-order valence-electron chi connectivity index (χ1n) is 9.13. The molecule has 0 bridgehead atoms. The van der Waals surface area contributed by atoms with Gasteiger partial charge in [0, 0.05) is 37.3 Å². The molecule has 2 amide bonds. The lowest BCUT2D eigenvalue weighted by Gasteiger charge is -2.30. The minimum atomic E-state index is -0.524. The van der Waals surface area contributed by atoms with E-state index in [1.54, 1.807) is 24.3 Å². The summed E-state index contributed by atoms with van der Waals surface area (Å²) in [6, 6.07) is 7.08. The minimum Gasteiger partial charge on any atom is -0.390 e. The third kappa shape index (κ3) is 4.58. The van der Waals surface area contributed by atoms with Gasteiger partial charge in [-0.3, -0.25) is 14.5 Å². The van der Waals surface area contributed by atoms with Crippen LogP contribution in [0.15, 0.2) is 24.3 Å². The Morgan fingerprint density at radius 1 is 1.08 bits per heavy atom. The number of amides is 2. The largest absolute Gasteiger partial charge is 0.390 e. The predicted molar refractivity (Wildman–Crippen MR) is 96.5 cm³/mol. The fourth-order valence-electron chi connectivity index (χ4n) is 3.86. The van der Waals surface area contributed by atoms with Gasteiger partial charge in [0.05, 0.1) is 12.1 Å². The van der Waals surface area contributed by atoms with Crippen LogP contribution in [0.5, 0.6) is 0 Å². The first kappa shape index (κ1) is 17.9. The molecular weight excluding hydrogens is 318 g/mol. The molecule has 1 aliphatic carbocycles. The van der Waals surface area contributed by atoms with Gasteiger partial charge >= 0.3 is 0 Å². The van der Waals surface area contributed by atoms with Crippen molar-refractivity contribution in [1.82, 2.24) is 10.2 Å². The molecule has 0 aromatic heterocycles. The molecule has 6 nitrogen and oxygen atoms in total. The van der Waals surface area contributed by atoms with Crippen LogP contribution in [0.3, 0.4) is 0 Å². The van der Waals surface area contributed by atoms with Gasteiger partial charge in [0.15, 0.2) is 0 Å². The van der Waals surface area contributed by atoms with Gasteiger partial charge in [-0.2, -0.15) is 0 Å². The maximum atomic E-state index is 12.4. The highest BCUT2D eigenvalue weighted by molar-refractivity contribution is 5.95. The van der Waals surface area contributed by atoms with E-state index in [-0.39, 0.29) is 17.9 Å². The summed E-state index contributed by atoms with van der Waals surface area (Å²) in [4.78, 5) is 25.8. The molecule has 0 unspecified atom stereocenters. The highest BCUT2D eigenvalue weighted by Gasteiger charge is 2.36. The van der Waals surface area contributed by atoms with Gasteiger partial charge in [-0.1, -0.05) is 19.3 Å². The first-order chi connectivity index (χ1) is 12.0. The molecule has 3 rings (SSSR count). The third-order valence-electron chi connectivity index (χ3n) is 5.19. The number of hydrogen-bond donors (Lipinski definition) is 3. The molecule has 0 radical (unpaired) electrons. The monoisotopic (exact) mass is 345 g/mol. The highest BCUT2D eigenvalue weighted by Crippen LogP contribution is 2.26. The highest BCUT2D eigenvalue weighted by atomic mass is 16.3. The van der Waals surface area contributed by atoms with Gasteiger partial charge in [-0.15, -0.1) is 0 Å². The van der Waals surface area contributed by atoms with E-state index in [1.165, 1.54) is 39.0 Å². The van der Waals surface area contributed by atoms with Crippen molar-refractivity contribution in [3.8, 4) is 0 Å². The Morgan fingerprint density at radius 3 is 2.40 bits per heavy atom. The normalized spacial score (nSPS) is 24.9. The van der Waals surface area contributed by atoms with E-state index < -0.39 is 6.10 Å². The smallest absolute Gasteiger partial charge is 0.251 e. The van der Waals surface area contributed by atoms with Gasteiger partial charge in [-0.25, -0.2) is 0 Å². The fourth-order valence-corrected chi connectivity index (χ4v) is 3.86. The Labute approximate surface area is 148 Å². The average Bonchev–Trinajstić information content (AvgIpc) is 2.96. The molecule has 2 atom stereocenters. The van der Waals surface area contributed by atoms with E-state index in [0.717, 1.165) is 0 Å². The van der Waals surface area contributed by atoms with E-state index in [9.17, 15) is 14.7 Å². The van der Waals surface area contributed by atoms with Crippen molar-refractivity contribution >= 4 is 17.5 Å². The van der Waals surface area contributed by atoms with E-state index in [1.807, 2.05) is 0 Å². The lowest BCUT2D eigenvalue weighted by Crippen LogP contribution is -2.43. The second-order valence-corrected chi connectivity index (χ2v) is 7.15. The second-order valence-electron chi connectivity index (χ2n) is 7.15. The number of hydrogen-bond acceptors (Lipinski definition) is 4. The zero-order chi connectivity index (χ0) is 17.8. The summed E-state index contributed by atoms with van der Waals surface area (Å²) in [6.45, 7) is 2.79. The summed E-state index contributed by atoms with van der Waals surface area (Å²) >= 11 is 0. The molecule has 1 saturated carbocycles. The molecule has 1 aromatic rings. The fraction of sp³-hybridized carbons (Fsp3) is 0.579. The lowest BCUT2D eigenvalue weighted by molar-refractivity contribution is -0.114. The summed E-state index contributed by atoms with van der Waals surface area (Å²) in [6.07, 6.45) is 5.69. The third-order valence-corrected chi connectivity index (χ3v) is 5.19. The maximum absolute atomic E-state index is 12.4. The molecule has 3 N–H and O–H groups in total. The van der Waals surface area contributed by atoms with E-state index in [2.05, 4.69) is 15.5 Å². The predicted octanol–water partition coefficient (Wildman–Crippen LogP) is 1.75. The number of likely N-dealkylation sites (tertiary alicyclic amines) is 1. The zero-order valence-electron chi connectivity index (χ0n) is 14.7. The van der Waals surface area contributed by atoms with E-state index in [0.29, 0.717) is 30.4 Å². The second kappa shape index (κ2) is 7.97. The summed E-state index contributed by atoms with van der Waals surface area (Å²) in [5.74, 6) is -0.335. The van der Waals surface area contributed by atoms with Gasteiger partial charge < -0.3 is 15.7 Å². The van der Waals surface area contributed by atoms with Gasteiger partial charge in [0.25, 0.3) is 5.91 Å². The Balaban J connectivity index is 1.56. The van der Waals surface area contributed by atoms with Gasteiger partial charge in [0.2, 0.25) is 5.91 Å². The van der Waals surface area contributed by atoms with Crippen molar-refractivity contribution in [2.75, 3.05) is 18.4 Å². The van der Waals surface area contributed by atoms with Crippen LogP contribution in [-0.2, 0) is 4.79 Å². The van der Waals surface area contributed by atoms with Gasteiger partial charge in [-0.05, 0) is 37.1 Å². The van der Waals surface area contributed by atoms with Crippen LogP contribution < -0.4 is 10.6 Å². The SMILES string of the molecule is CC(=O)Nc1ccc(C(=O)N[C@@H]2CN(C3CCCCC3)C[C@@H]2O)cc1. The number of aliphatic hydroxyl groups excluding tert-OH is 1. The number of carbonyl (C=O) groups excluding carboxylic acids is 2. The minimum absolute atomic E-state index is 0.144. The molecule has 1 heterocycles. The number of benzene rings is 1. The van der Waals surface area contributed by atoms with Crippen LogP contribution in [0.4, 0.5) is 5.69 Å². The number of nitrogens with one attached hydrogen (secondary N) is 2. The Kier molecular flexibility index (Phi) is 5.71. The van der Waals surface area contributed by atoms with Crippen LogP contribution in [0.2, 0.25) is 0 Å².